The molecule has 8 nitrogen and oxygen atoms in total. The highest BCUT2D eigenvalue weighted by atomic mass is 16.5. The molecule has 0 saturated carbocycles. The fourth-order valence-electron chi connectivity index (χ4n) is 1.77. The molecule has 1 aliphatic rings. The van der Waals surface area contributed by atoms with Gasteiger partial charge in [-0.05, 0) is 26.2 Å². The summed E-state index contributed by atoms with van der Waals surface area (Å²) in [6, 6.07) is 0.366. The minimum Gasteiger partial charge on any atom is -0.464 e. The summed E-state index contributed by atoms with van der Waals surface area (Å²) in [6.45, 7) is 3.50. The van der Waals surface area contributed by atoms with Gasteiger partial charge in [0.2, 0.25) is 5.95 Å². The van der Waals surface area contributed by atoms with Crippen molar-refractivity contribution in [3.05, 3.63) is 0 Å². The number of nitrogens with zero attached hydrogens (tertiary/aromatic N) is 3. The van der Waals surface area contributed by atoms with Crippen molar-refractivity contribution < 1.29 is 14.2 Å². The lowest BCUT2D eigenvalue weighted by Gasteiger charge is -2.22. The number of rotatable bonds is 6. The minimum absolute atomic E-state index is 0.0929. The Morgan fingerprint density at radius 2 is 2.05 bits per heavy atom. The molecule has 8 heteroatoms. The molecule has 1 unspecified atom stereocenters. The van der Waals surface area contributed by atoms with Gasteiger partial charge < -0.3 is 14.2 Å². The molecule has 1 saturated heterocycles. The van der Waals surface area contributed by atoms with Crippen molar-refractivity contribution in [2.24, 2.45) is 5.84 Å². The highest BCUT2D eigenvalue weighted by molar-refractivity contribution is 5.25. The van der Waals surface area contributed by atoms with Gasteiger partial charge in [-0.15, -0.1) is 4.98 Å². The topological polar surface area (TPSA) is 104 Å². The van der Waals surface area contributed by atoms with E-state index in [1.165, 1.54) is 0 Å². The van der Waals surface area contributed by atoms with E-state index >= 15 is 0 Å². The highest BCUT2D eigenvalue weighted by Crippen LogP contribution is 2.16. The second-order valence-corrected chi connectivity index (χ2v) is 4.10. The second kappa shape index (κ2) is 7.05. The normalized spacial score (nSPS) is 18.9. The Bertz CT molecular complexity index is 398. The Hall–Kier alpha value is -1.67. The first-order chi connectivity index (χ1) is 9.31. The van der Waals surface area contributed by atoms with E-state index in [0.29, 0.717) is 13.2 Å². The van der Waals surface area contributed by atoms with E-state index in [2.05, 4.69) is 20.4 Å². The van der Waals surface area contributed by atoms with E-state index in [1.807, 2.05) is 6.92 Å². The predicted molar refractivity (Wildman–Crippen MR) is 67.9 cm³/mol. The number of nitrogens with two attached hydrogens (primary N) is 1. The summed E-state index contributed by atoms with van der Waals surface area (Å²) in [7, 11) is 0. The van der Waals surface area contributed by atoms with Crippen molar-refractivity contribution in [2.45, 2.75) is 32.3 Å². The van der Waals surface area contributed by atoms with E-state index in [0.717, 1.165) is 25.9 Å². The van der Waals surface area contributed by atoms with Crippen molar-refractivity contribution in [3.63, 3.8) is 0 Å². The zero-order valence-corrected chi connectivity index (χ0v) is 11.0. The number of hydrogen-bond donors (Lipinski definition) is 2. The fraction of sp³-hybridized carbons (Fsp3) is 0.727. The molecule has 0 amide bonds. The van der Waals surface area contributed by atoms with Crippen LogP contribution in [0.5, 0.6) is 12.0 Å². The van der Waals surface area contributed by atoms with Crippen LogP contribution < -0.4 is 20.7 Å². The van der Waals surface area contributed by atoms with Crippen LogP contribution in [0.4, 0.5) is 5.95 Å². The van der Waals surface area contributed by atoms with Gasteiger partial charge in [0, 0.05) is 6.61 Å². The first-order valence-corrected chi connectivity index (χ1v) is 6.41. The zero-order valence-electron chi connectivity index (χ0n) is 11.0. The summed E-state index contributed by atoms with van der Waals surface area (Å²) in [4.78, 5) is 12.0. The van der Waals surface area contributed by atoms with Gasteiger partial charge in [-0.2, -0.15) is 9.97 Å². The number of aromatic nitrogens is 3. The van der Waals surface area contributed by atoms with Crippen molar-refractivity contribution in [1.29, 1.82) is 0 Å². The van der Waals surface area contributed by atoms with Crippen LogP contribution in [-0.2, 0) is 4.74 Å². The summed E-state index contributed by atoms with van der Waals surface area (Å²) >= 11 is 0. The average Bonchev–Trinajstić information content (AvgIpc) is 2.46. The molecule has 2 heterocycles. The van der Waals surface area contributed by atoms with E-state index in [-0.39, 0.29) is 24.1 Å². The van der Waals surface area contributed by atoms with Crippen LogP contribution in [0.25, 0.3) is 0 Å². The average molecular weight is 269 g/mol. The Kier molecular flexibility index (Phi) is 5.10. The molecule has 0 radical (unpaired) electrons. The second-order valence-electron chi connectivity index (χ2n) is 4.10. The van der Waals surface area contributed by atoms with E-state index < -0.39 is 0 Å². The molecule has 0 aromatic carbocycles. The predicted octanol–water partition coefficient (Wildman–Crippen LogP) is 0.504. The van der Waals surface area contributed by atoms with Crippen LogP contribution in [0.3, 0.4) is 0 Å². The van der Waals surface area contributed by atoms with Crippen LogP contribution >= 0.6 is 0 Å². The molecule has 1 aliphatic heterocycles. The van der Waals surface area contributed by atoms with E-state index in [4.69, 9.17) is 20.1 Å². The summed E-state index contributed by atoms with van der Waals surface area (Å²) < 4.78 is 16.3. The summed E-state index contributed by atoms with van der Waals surface area (Å²) in [6.07, 6.45) is 3.35. The first kappa shape index (κ1) is 13.8. The fourth-order valence-corrected chi connectivity index (χ4v) is 1.77. The van der Waals surface area contributed by atoms with Crippen LogP contribution in [-0.4, -0.2) is 40.9 Å². The smallest absolute Gasteiger partial charge is 0.324 e. The number of anilines is 1. The van der Waals surface area contributed by atoms with Crippen LogP contribution in [0, 0.1) is 0 Å². The third-order valence-electron chi connectivity index (χ3n) is 2.67. The molecular formula is C11H19N5O3. The number of ether oxygens (including phenoxy) is 3. The van der Waals surface area contributed by atoms with Gasteiger partial charge in [0.1, 0.15) is 6.61 Å². The van der Waals surface area contributed by atoms with Crippen molar-refractivity contribution in [2.75, 3.05) is 25.2 Å². The summed E-state index contributed by atoms with van der Waals surface area (Å²) in [5.41, 5.74) is 2.35. The molecule has 1 aromatic heterocycles. The molecular weight excluding hydrogens is 250 g/mol. The third-order valence-corrected chi connectivity index (χ3v) is 2.67. The molecule has 1 fully saturated rings. The zero-order chi connectivity index (χ0) is 13.5. The maximum absolute atomic E-state index is 5.57. The minimum atomic E-state index is 0.0929. The largest absolute Gasteiger partial charge is 0.464 e. The van der Waals surface area contributed by atoms with Gasteiger partial charge in [0.15, 0.2) is 0 Å². The van der Waals surface area contributed by atoms with Crippen LogP contribution in [0.2, 0.25) is 0 Å². The lowest BCUT2D eigenvalue weighted by Crippen LogP contribution is -2.26. The molecule has 0 bridgehead atoms. The number of hydrogen-bond acceptors (Lipinski definition) is 8. The van der Waals surface area contributed by atoms with Crippen molar-refractivity contribution in [1.82, 2.24) is 15.0 Å². The molecule has 3 N–H and O–H groups in total. The van der Waals surface area contributed by atoms with Gasteiger partial charge >= 0.3 is 12.0 Å². The van der Waals surface area contributed by atoms with Gasteiger partial charge in [0.25, 0.3) is 0 Å². The molecule has 1 aromatic rings. The molecule has 106 valence electrons. The third kappa shape index (κ3) is 4.18. The maximum atomic E-state index is 5.57. The Balaban J connectivity index is 1.95. The Labute approximate surface area is 111 Å². The van der Waals surface area contributed by atoms with Gasteiger partial charge in [-0.1, -0.05) is 0 Å². The van der Waals surface area contributed by atoms with Crippen LogP contribution in [0.15, 0.2) is 0 Å². The lowest BCUT2D eigenvalue weighted by atomic mass is 10.1. The number of nitrogens with one attached hydrogen (secondary N) is 1. The quantitative estimate of drug-likeness (QED) is 0.568. The Morgan fingerprint density at radius 3 is 2.68 bits per heavy atom. The molecule has 19 heavy (non-hydrogen) atoms. The monoisotopic (exact) mass is 269 g/mol. The van der Waals surface area contributed by atoms with E-state index in [9.17, 15) is 0 Å². The SMILES string of the molecule is CCOc1nc(NN)nc(OCC2CCCCO2)n1. The summed E-state index contributed by atoms with van der Waals surface area (Å²) in [5, 5.41) is 0. The Morgan fingerprint density at radius 1 is 1.26 bits per heavy atom. The number of hydrazine groups is 1. The van der Waals surface area contributed by atoms with Crippen LogP contribution in [0.1, 0.15) is 26.2 Å². The van der Waals surface area contributed by atoms with Gasteiger partial charge in [-0.25, -0.2) is 5.84 Å². The van der Waals surface area contributed by atoms with Crippen molar-refractivity contribution in [3.8, 4) is 12.0 Å². The lowest BCUT2D eigenvalue weighted by molar-refractivity contribution is -0.0130. The molecule has 1 atom stereocenters. The highest BCUT2D eigenvalue weighted by Gasteiger charge is 2.16. The van der Waals surface area contributed by atoms with Gasteiger partial charge in [0.05, 0.1) is 12.7 Å². The molecule has 0 aliphatic carbocycles. The standard InChI is InChI=1S/C11H19N5O3/c1-2-17-10-13-9(16-12)14-11(15-10)19-7-8-5-3-4-6-18-8/h8H,2-7,12H2,1H3,(H,13,14,15,16). The maximum Gasteiger partial charge on any atom is 0.324 e. The first-order valence-electron chi connectivity index (χ1n) is 6.41. The molecule has 0 spiro atoms. The van der Waals surface area contributed by atoms with Crippen molar-refractivity contribution >= 4 is 5.95 Å². The number of nitrogen functional groups attached to an aromatic ring is 1. The van der Waals surface area contributed by atoms with E-state index in [1.54, 1.807) is 0 Å². The molecule has 2 rings (SSSR count). The van der Waals surface area contributed by atoms with Gasteiger partial charge in [-0.3, -0.25) is 5.43 Å². The summed E-state index contributed by atoms with van der Waals surface area (Å²) in [5.74, 6) is 5.49.